The molecule has 0 aliphatic rings. The Morgan fingerprint density at radius 1 is 1.53 bits per heavy atom. The molecule has 1 aromatic rings. The third-order valence-corrected chi connectivity index (χ3v) is 2.17. The van der Waals surface area contributed by atoms with Crippen LogP contribution in [0.5, 0.6) is 5.75 Å². The van der Waals surface area contributed by atoms with Crippen LogP contribution < -0.4 is 21.3 Å². The van der Waals surface area contributed by atoms with E-state index in [0.717, 1.165) is 5.56 Å². The highest BCUT2D eigenvalue weighted by Crippen LogP contribution is 2.30. The summed E-state index contributed by atoms with van der Waals surface area (Å²) in [4.78, 5) is 11.0. The molecular formula is C9H12ClN3O2. The van der Waals surface area contributed by atoms with E-state index < -0.39 is 6.03 Å². The predicted molar refractivity (Wildman–Crippen MR) is 59.1 cm³/mol. The lowest BCUT2D eigenvalue weighted by Crippen LogP contribution is -2.34. The molecule has 0 atom stereocenters. The van der Waals surface area contributed by atoms with Gasteiger partial charge in [0.1, 0.15) is 5.75 Å². The molecule has 0 spiro atoms. The number of hydrogen-bond donors (Lipinski definition) is 3. The molecule has 1 rings (SSSR count). The number of carbonyl (C=O) groups is 1. The Morgan fingerprint density at radius 2 is 2.20 bits per heavy atom. The van der Waals surface area contributed by atoms with Crippen molar-refractivity contribution in [2.24, 2.45) is 5.84 Å². The van der Waals surface area contributed by atoms with Gasteiger partial charge >= 0.3 is 6.03 Å². The number of rotatable bonds is 2. The monoisotopic (exact) mass is 229 g/mol. The van der Waals surface area contributed by atoms with Crippen molar-refractivity contribution in [3.63, 3.8) is 0 Å². The first kappa shape index (κ1) is 11.6. The molecule has 0 aromatic heterocycles. The smallest absolute Gasteiger partial charge is 0.333 e. The number of methoxy groups -OCH3 is 1. The van der Waals surface area contributed by atoms with E-state index in [1.54, 1.807) is 12.1 Å². The lowest BCUT2D eigenvalue weighted by molar-refractivity contribution is 0.252. The highest BCUT2D eigenvalue weighted by atomic mass is 35.5. The van der Waals surface area contributed by atoms with Crippen LogP contribution >= 0.6 is 11.6 Å². The second kappa shape index (κ2) is 4.86. The Balaban J connectivity index is 3.00. The third-order valence-electron chi connectivity index (χ3n) is 1.88. The SMILES string of the molecule is COc1cc(C)c(NC(=O)NN)cc1Cl. The maximum absolute atomic E-state index is 11.0. The van der Waals surface area contributed by atoms with Crippen LogP contribution in [0.2, 0.25) is 5.02 Å². The molecule has 0 aliphatic heterocycles. The maximum Gasteiger partial charge on any atom is 0.333 e. The quantitative estimate of drug-likeness (QED) is 0.410. The average Bonchev–Trinajstić information content (AvgIpc) is 2.22. The van der Waals surface area contributed by atoms with Crippen molar-refractivity contribution < 1.29 is 9.53 Å². The first-order valence-electron chi connectivity index (χ1n) is 4.20. The van der Waals surface area contributed by atoms with Gasteiger partial charge in [-0.3, -0.25) is 5.43 Å². The minimum absolute atomic E-state index is 0.426. The van der Waals surface area contributed by atoms with Crippen molar-refractivity contribution in [2.45, 2.75) is 6.92 Å². The largest absolute Gasteiger partial charge is 0.495 e. The zero-order valence-corrected chi connectivity index (χ0v) is 9.18. The summed E-state index contributed by atoms with van der Waals surface area (Å²) in [5.41, 5.74) is 3.38. The third kappa shape index (κ3) is 2.74. The first-order valence-corrected chi connectivity index (χ1v) is 4.58. The fourth-order valence-electron chi connectivity index (χ4n) is 1.10. The Labute approximate surface area is 92.5 Å². The van der Waals surface area contributed by atoms with Crippen LogP contribution in [0.15, 0.2) is 12.1 Å². The summed E-state index contributed by atoms with van der Waals surface area (Å²) in [6, 6.07) is 2.83. The van der Waals surface area contributed by atoms with Crippen molar-refractivity contribution in [2.75, 3.05) is 12.4 Å². The van der Waals surface area contributed by atoms with E-state index in [1.807, 2.05) is 12.3 Å². The van der Waals surface area contributed by atoms with Crippen molar-refractivity contribution in [1.82, 2.24) is 5.43 Å². The van der Waals surface area contributed by atoms with Gasteiger partial charge in [-0.25, -0.2) is 10.6 Å². The predicted octanol–water partition coefficient (Wildman–Crippen LogP) is 1.65. The van der Waals surface area contributed by atoms with Gasteiger partial charge in [0, 0.05) is 5.69 Å². The van der Waals surface area contributed by atoms with E-state index in [1.165, 1.54) is 7.11 Å². The Bertz CT molecular complexity index is 382. The number of hydrazine groups is 1. The topological polar surface area (TPSA) is 76.4 Å². The first-order chi connectivity index (χ1) is 7.08. The van der Waals surface area contributed by atoms with E-state index in [0.29, 0.717) is 16.5 Å². The molecule has 6 heteroatoms. The molecule has 4 N–H and O–H groups in total. The number of ether oxygens (including phenoxy) is 1. The molecule has 0 saturated heterocycles. The van der Waals surface area contributed by atoms with Crippen molar-refractivity contribution >= 4 is 23.3 Å². The Hall–Kier alpha value is -1.46. The molecule has 1 aromatic carbocycles. The number of aryl methyl sites for hydroxylation is 1. The fourth-order valence-corrected chi connectivity index (χ4v) is 1.35. The lowest BCUT2D eigenvalue weighted by Gasteiger charge is -2.10. The van der Waals surface area contributed by atoms with E-state index in [-0.39, 0.29) is 0 Å². The van der Waals surface area contributed by atoms with E-state index in [4.69, 9.17) is 22.2 Å². The highest BCUT2D eigenvalue weighted by molar-refractivity contribution is 6.32. The molecule has 2 amide bonds. The molecule has 0 aliphatic carbocycles. The molecule has 0 unspecified atom stereocenters. The number of nitrogens with one attached hydrogen (secondary N) is 2. The molecule has 0 saturated carbocycles. The maximum atomic E-state index is 11.0. The summed E-state index contributed by atoms with van der Waals surface area (Å²) in [7, 11) is 1.53. The number of urea groups is 1. The van der Waals surface area contributed by atoms with Crippen LogP contribution in [0, 0.1) is 6.92 Å². The van der Waals surface area contributed by atoms with Crippen molar-refractivity contribution in [3.05, 3.63) is 22.7 Å². The van der Waals surface area contributed by atoms with Crippen molar-refractivity contribution in [1.29, 1.82) is 0 Å². The zero-order chi connectivity index (χ0) is 11.4. The summed E-state index contributed by atoms with van der Waals surface area (Å²) in [6.45, 7) is 1.82. The number of amides is 2. The van der Waals surface area contributed by atoms with Gasteiger partial charge in [0.2, 0.25) is 0 Å². The number of anilines is 1. The van der Waals surface area contributed by atoms with Crippen LogP contribution in [-0.4, -0.2) is 13.1 Å². The summed E-state index contributed by atoms with van der Waals surface area (Å²) >= 11 is 5.90. The van der Waals surface area contributed by atoms with Gasteiger partial charge in [0.05, 0.1) is 12.1 Å². The van der Waals surface area contributed by atoms with Crippen LogP contribution in [0.25, 0.3) is 0 Å². The number of carbonyl (C=O) groups excluding carboxylic acids is 1. The minimum atomic E-state index is -0.501. The number of nitrogens with two attached hydrogens (primary N) is 1. The molecule has 0 heterocycles. The number of benzene rings is 1. The molecule has 0 radical (unpaired) electrons. The molecular weight excluding hydrogens is 218 g/mol. The summed E-state index contributed by atoms with van der Waals surface area (Å²) in [5.74, 6) is 5.51. The Kier molecular flexibility index (Phi) is 3.76. The molecule has 15 heavy (non-hydrogen) atoms. The van der Waals surface area contributed by atoms with Crippen LogP contribution in [0.4, 0.5) is 10.5 Å². The second-order valence-electron chi connectivity index (χ2n) is 2.90. The van der Waals surface area contributed by atoms with Gasteiger partial charge in [-0.1, -0.05) is 11.6 Å². The summed E-state index contributed by atoms with van der Waals surface area (Å²) < 4.78 is 5.03. The Morgan fingerprint density at radius 3 is 2.73 bits per heavy atom. The summed E-state index contributed by atoms with van der Waals surface area (Å²) in [6.07, 6.45) is 0. The van der Waals surface area contributed by atoms with Crippen molar-refractivity contribution in [3.8, 4) is 5.75 Å². The van der Waals surface area contributed by atoms with Crippen LogP contribution in [0.1, 0.15) is 5.56 Å². The van der Waals surface area contributed by atoms with Gasteiger partial charge in [-0.05, 0) is 24.6 Å². The normalized spacial score (nSPS) is 9.60. The highest BCUT2D eigenvalue weighted by Gasteiger charge is 2.08. The lowest BCUT2D eigenvalue weighted by atomic mass is 10.2. The zero-order valence-electron chi connectivity index (χ0n) is 8.43. The molecule has 0 fully saturated rings. The standard InChI is InChI=1S/C9H12ClN3O2/c1-5-3-8(15-2)6(10)4-7(5)12-9(14)13-11/h3-4H,11H2,1-2H3,(H2,12,13,14). The van der Waals surface area contributed by atoms with Crippen LogP contribution in [0.3, 0.4) is 0 Å². The van der Waals surface area contributed by atoms with Gasteiger partial charge in [-0.2, -0.15) is 0 Å². The minimum Gasteiger partial charge on any atom is -0.495 e. The average molecular weight is 230 g/mol. The second-order valence-corrected chi connectivity index (χ2v) is 3.31. The molecule has 0 bridgehead atoms. The van der Waals surface area contributed by atoms with Gasteiger partial charge in [-0.15, -0.1) is 0 Å². The van der Waals surface area contributed by atoms with Gasteiger partial charge < -0.3 is 10.1 Å². The van der Waals surface area contributed by atoms with Gasteiger partial charge in [0.15, 0.2) is 0 Å². The van der Waals surface area contributed by atoms with E-state index in [9.17, 15) is 4.79 Å². The van der Waals surface area contributed by atoms with Gasteiger partial charge in [0.25, 0.3) is 0 Å². The van der Waals surface area contributed by atoms with Crippen LogP contribution in [-0.2, 0) is 0 Å². The number of halogens is 1. The summed E-state index contributed by atoms with van der Waals surface area (Å²) in [5, 5.41) is 2.96. The fraction of sp³-hybridized carbons (Fsp3) is 0.222. The number of hydrogen-bond acceptors (Lipinski definition) is 3. The molecule has 82 valence electrons. The molecule has 5 nitrogen and oxygen atoms in total. The van der Waals surface area contributed by atoms with E-state index >= 15 is 0 Å². The van der Waals surface area contributed by atoms with E-state index in [2.05, 4.69) is 5.32 Å².